The van der Waals surface area contributed by atoms with Gasteiger partial charge in [-0.05, 0) is 25.0 Å². The van der Waals surface area contributed by atoms with E-state index in [4.69, 9.17) is 15.2 Å². The minimum absolute atomic E-state index is 0.173. The lowest BCUT2D eigenvalue weighted by molar-refractivity contribution is -0.145. The number of ether oxygens (including phenoxy) is 2. The van der Waals surface area contributed by atoms with Gasteiger partial charge in [0.15, 0.2) is 5.75 Å². The van der Waals surface area contributed by atoms with E-state index in [0.29, 0.717) is 12.4 Å². The first-order valence-electron chi connectivity index (χ1n) is 9.16. The van der Waals surface area contributed by atoms with Gasteiger partial charge in [0.2, 0.25) is 11.7 Å². The van der Waals surface area contributed by atoms with Crippen LogP contribution in [0.1, 0.15) is 25.1 Å². The van der Waals surface area contributed by atoms with Crippen molar-refractivity contribution in [3.63, 3.8) is 0 Å². The van der Waals surface area contributed by atoms with Crippen molar-refractivity contribution in [2.45, 2.75) is 31.5 Å². The monoisotopic (exact) mass is 410 g/mol. The van der Waals surface area contributed by atoms with Crippen molar-refractivity contribution in [1.82, 2.24) is 9.97 Å². The summed E-state index contributed by atoms with van der Waals surface area (Å²) in [6.07, 6.45) is 0.357. The average molecular weight is 410 g/mol. The Morgan fingerprint density at radius 3 is 2.31 bits per heavy atom. The van der Waals surface area contributed by atoms with Gasteiger partial charge in [-0.2, -0.15) is 13.2 Å². The van der Waals surface area contributed by atoms with Crippen molar-refractivity contribution in [1.29, 1.82) is 0 Å². The molecule has 0 bridgehead atoms. The van der Waals surface area contributed by atoms with E-state index in [-0.39, 0.29) is 17.8 Å². The Morgan fingerprint density at radius 2 is 1.83 bits per heavy atom. The van der Waals surface area contributed by atoms with Crippen molar-refractivity contribution < 1.29 is 27.4 Å². The summed E-state index contributed by atoms with van der Waals surface area (Å²) in [4.78, 5) is 18.9. The zero-order valence-corrected chi connectivity index (χ0v) is 15.6. The number of primary amides is 1. The standard InChI is InChI=1S/C15H14F3N3O.C4H7NO2/c16-15(17,18)14-19-9-13(10-20-14)22-12-5-3-4-11(8-12)21-6-1-2-7-21;5-4(6)3-1-2-7-3/h3-5,8-10H,1-2,6-7H2;3H,1-2H2,(H2,5,6). The highest BCUT2D eigenvalue weighted by Crippen LogP contribution is 2.29. The van der Waals surface area contributed by atoms with Crippen LogP contribution in [0.5, 0.6) is 11.5 Å². The molecule has 0 spiro atoms. The number of halogens is 3. The van der Waals surface area contributed by atoms with Gasteiger partial charge in [0.1, 0.15) is 11.9 Å². The van der Waals surface area contributed by atoms with E-state index >= 15 is 0 Å². The lowest BCUT2D eigenvalue weighted by atomic mass is 10.2. The number of aromatic nitrogens is 2. The number of benzene rings is 1. The van der Waals surface area contributed by atoms with Gasteiger partial charge in [-0.25, -0.2) is 9.97 Å². The van der Waals surface area contributed by atoms with E-state index in [9.17, 15) is 18.0 Å². The Bertz CT molecular complexity index is 820. The quantitative estimate of drug-likeness (QED) is 0.833. The third kappa shape index (κ3) is 5.80. The molecule has 1 atom stereocenters. The fraction of sp³-hybridized carbons (Fsp3) is 0.421. The predicted molar refractivity (Wildman–Crippen MR) is 98.5 cm³/mol. The summed E-state index contributed by atoms with van der Waals surface area (Å²) >= 11 is 0. The van der Waals surface area contributed by atoms with Crippen LogP contribution in [0, 0.1) is 0 Å². The van der Waals surface area contributed by atoms with Crippen LogP contribution in [-0.4, -0.2) is 41.7 Å². The van der Waals surface area contributed by atoms with Crippen LogP contribution in [-0.2, 0) is 15.7 Å². The molecule has 2 fully saturated rings. The molecule has 0 radical (unpaired) electrons. The first-order chi connectivity index (χ1) is 13.8. The molecule has 2 aliphatic heterocycles. The van der Waals surface area contributed by atoms with Crippen LogP contribution in [0.15, 0.2) is 36.7 Å². The molecule has 156 valence electrons. The Morgan fingerprint density at radius 1 is 1.17 bits per heavy atom. The van der Waals surface area contributed by atoms with Gasteiger partial charge in [-0.15, -0.1) is 0 Å². The second-order valence-electron chi connectivity index (χ2n) is 6.58. The van der Waals surface area contributed by atoms with Crippen LogP contribution in [0.2, 0.25) is 0 Å². The molecule has 3 heterocycles. The molecule has 4 rings (SSSR count). The third-order valence-electron chi connectivity index (χ3n) is 4.42. The van der Waals surface area contributed by atoms with Gasteiger partial charge in [-0.1, -0.05) is 6.07 Å². The summed E-state index contributed by atoms with van der Waals surface area (Å²) < 4.78 is 47.4. The number of nitrogens with two attached hydrogens (primary N) is 1. The lowest BCUT2D eigenvalue weighted by Crippen LogP contribution is -2.39. The molecular weight excluding hydrogens is 389 g/mol. The minimum atomic E-state index is -4.55. The van der Waals surface area contributed by atoms with E-state index in [2.05, 4.69) is 14.9 Å². The van der Waals surface area contributed by atoms with Gasteiger partial charge < -0.3 is 20.1 Å². The molecule has 1 unspecified atom stereocenters. The summed E-state index contributed by atoms with van der Waals surface area (Å²) in [6.45, 7) is 2.70. The van der Waals surface area contributed by atoms with Crippen molar-refractivity contribution in [3.8, 4) is 11.5 Å². The Balaban J connectivity index is 0.000000290. The van der Waals surface area contributed by atoms with E-state index in [1.807, 2.05) is 18.2 Å². The van der Waals surface area contributed by atoms with E-state index in [0.717, 1.165) is 50.4 Å². The zero-order chi connectivity index (χ0) is 20.9. The van der Waals surface area contributed by atoms with Gasteiger partial charge in [0, 0.05) is 31.3 Å². The number of amides is 1. The first kappa shape index (κ1) is 20.8. The number of carbonyl (C=O) groups is 1. The van der Waals surface area contributed by atoms with Crippen LogP contribution in [0.4, 0.5) is 18.9 Å². The first-order valence-corrected chi connectivity index (χ1v) is 9.16. The maximum absolute atomic E-state index is 12.4. The molecule has 1 aromatic carbocycles. The molecule has 2 N–H and O–H groups in total. The van der Waals surface area contributed by atoms with Gasteiger partial charge in [-0.3, -0.25) is 4.79 Å². The van der Waals surface area contributed by atoms with Crippen LogP contribution in [0.25, 0.3) is 0 Å². The predicted octanol–water partition coefficient (Wildman–Crippen LogP) is 3.15. The number of anilines is 1. The van der Waals surface area contributed by atoms with Crippen LogP contribution in [0.3, 0.4) is 0 Å². The lowest BCUT2D eigenvalue weighted by Gasteiger charge is -2.22. The van der Waals surface area contributed by atoms with Gasteiger partial charge in [0.05, 0.1) is 19.0 Å². The largest absolute Gasteiger partial charge is 0.454 e. The van der Waals surface area contributed by atoms with Gasteiger partial charge >= 0.3 is 6.18 Å². The number of nitrogens with zero attached hydrogens (tertiary/aromatic N) is 3. The summed E-state index contributed by atoms with van der Waals surface area (Å²) in [5.74, 6) is -0.795. The maximum atomic E-state index is 12.4. The smallest absolute Gasteiger partial charge is 0.451 e. The Hall–Kier alpha value is -2.88. The summed E-state index contributed by atoms with van der Waals surface area (Å²) in [7, 11) is 0. The maximum Gasteiger partial charge on any atom is 0.451 e. The molecule has 2 aromatic rings. The number of hydrogen-bond donors (Lipinski definition) is 1. The minimum Gasteiger partial charge on any atom is -0.454 e. The van der Waals surface area contributed by atoms with Crippen LogP contribution >= 0.6 is 0 Å². The summed E-state index contributed by atoms with van der Waals surface area (Å²) in [6, 6.07) is 7.45. The summed E-state index contributed by atoms with van der Waals surface area (Å²) in [5, 5.41) is 0. The second-order valence-corrected chi connectivity index (χ2v) is 6.58. The highest BCUT2D eigenvalue weighted by atomic mass is 19.4. The fourth-order valence-electron chi connectivity index (χ4n) is 2.83. The van der Waals surface area contributed by atoms with Gasteiger partial charge in [0.25, 0.3) is 0 Å². The fourth-order valence-corrected chi connectivity index (χ4v) is 2.83. The molecule has 29 heavy (non-hydrogen) atoms. The molecule has 7 nitrogen and oxygen atoms in total. The molecule has 0 saturated carbocycles. The molecule has 2 aliphatic rings. The molecule has 2 saturated heterocycles. The van der Waals surface area contributed by atoms with Crippen molar-refractivity contribution >= 4 is 11.6 Å². The topological polar surface area (TPSA) is 90.6 Å². The number of alkyl halides is 3. The molecule has 1 amide bonds. The second kappa shape index (κ2) is 9.08. The number of hydrogen-bond acceptors (Lipinski definition) is 6. The number of carbonyl (C=O) groups excluding carboxylic acids is 1. The van der Waals surface area contributed by atoms with Crippen LogP contribution < -0.4 is 15.4 Å². The zero-order valence-electron chi connectivity index (χ0n) is 15.6. The molecule has 0 aliphatic carbocycles. The highest BCUT2D eigenvalue weighted by molar-refractivity contribution is 5.79. The average Bonchev–Trinajstić information content (AvgIpc) is 3.15. The van der Waals surface area contributed by atoms with Crippen molar-refractivity contribution in [3.05, 3.63) is 42.5 Å². The van der Waals surface area contributed by atoms with Crippen molar-refractivity contribution in [2.75, 3.05) is 24.6 Å². The van der Waals surface area contributed by atoms with Crippen molar-refractivity contribution in [2.24, 2.45) is 5.73 Å². The molecule has 1 aromatic heterocycles. The SMILES string of the molecule is FC(F)(F)c1ncc(Oc2cccc(N3CCCC3)c2)cn1.NC(=O)C1CCO1. The Kier molecular flexibility index (Phi) is 6.53. The number of rotatable bonds is 4. The molecule has 10 heteroatoms. The van der Waals surface area contributed by atoms with E-state index in [1.54, 1.807) is 6.07 Å². The van der Waals surface area contributed by atoms with E-state index < -0.39 is 12.0 Å². The highest BCUT2D eigenvalue weighted by Gasteiger charge is 2.34. The van der Waals surface area contributed by atoms with E-state index in [1.165, 1.54) is 0 Å². The summed E-state index contributed by atoms with van der Waals surface area (Å²) in [5.41, 5.74) is 5.88. The normalized spacial score (nSPS) is 18.4. The Labute approximate surface area is 165 Å². The third-order valence-corrected chi connectivity index (χ3v) is 4.42. The molecular formula is C19H21F3N4O3.